The molecule has 0 radical (unpaired) electrons. The molecule has 0 fully saturated rings. The van der Waals surface area contributed by atoms with Crippen LogP contribution < -0.4 is 5.73 Å². The highest BCUT2D eigenvalue weighted by Crippen LogP contribution is 2.32. The van der Waals surface area contributed by atoms with Crippen LogP contribution in [0.4, 0.5) is 13.2 Å². The molecule has 1 aromatic rings. The zero-order chi connectivity index (χ0) is 13.8. The van der Waals surface area contributed by atoms with Gasteiger partial charge in [-0.2, -0.15) is 13.2 Å². The Kier molecular flexibility index (Phi) is 5.34. The molecule has 0 saturated carbocycles. The molecule has 1 aromatic carbocycles. The minimum absolute atomic E-state index is 0.0617. The first-order valence-electron chi connectivity index (χ1n) is 5.60. The molecule has 0 saturated heterocycles. The third-order valence-corrected chi connectivity index (χ3v) is 4.00. The van der Waals surface area contributed by atoms with E-state index in [1.165, 1.54) is 18.2 Å². The highest BCUT2D eigenvalue weighted by molar-refractivity contribution is 7.84. The molecule has 2 nitrogen and oxygen atoms in total. The van der Waals surface area contributed by atoms with Crippen LogP contribution in [0.25, 0.3) is 0 Å². The van der Waals surface area contributed by atoms with Gasteiger partial charge in [0.1, 0.15) is 0 Å². The molecule has 0 spiro atoms. The molecular formula is C12H16F3NOS. The largest absolute Gasteiger partial charge is 0.416 e. The van der Waals surface area contributed by atoms with Gasteiger partial charge in [-0.1, -0.05) is 25.1 Å². The molecule has 0 aliphatic heterocycles. The standard InChI is InChI=1S/C12H16F3NOS/c1-2-10(16)8-18(17)7-9-5-3-4-6-11(9)12(13,14)15/h3-6,10H,2,7-8,16H2,1H3. The SMILES string of the molecule is CCC(N)CS(=O)Cc1ccccc1C(F)(F)F. The van der Waals surface area contributed by atoms with Crippen molar-refractivity contribution >= 4 is 10.8 Å². The second kappa shape index (κ2) is 6.33. The van der Waals surface area contributed by atoms with Crippen molar-refractivity contribution in [1.29, 1.82) is 0 Å². The van der Waals surface area contributed by atoms with Gasteiger partial charge in [0.15, 0.2) is 0 Å². The van der Waals surface area contributed by atoms with Gasteiger partial charge in [-0.15, -0.1) is 0 Å². The van der Waals surface area contributed by atoms with Crippen molar-refractivity contribution in [2.45, 2.75) is 31.3 Å². The van der Waals surface area contributed by atoms with Gasteiger partial charge in [-0.3, -0.25) is 4.21 Å². The summed E-state index contributed by atoms with van der Waals surface area (Å²) in [4.78, 5) is 0. The lowest BCUT2D eigenvalue weighted by atomic mass is 10.1. The van der Waals surface area contributed by atoms with E-state index < -0.39 is 22.5 Å². The second-order valence-electron chi connectivity index (χ2n) is 4.07. The van der Waals surface area contributed by atoms with Gasteiger partial charge >= 0.3 is 6.18 Å². The minimum Gasteiger partial charge on any atom is -0.327 e. The average molecular weight is 279 g/mol. The molecule has 102 valence electrons. The maximum Gasteiger partial charge on any atom is 0.416 e. The summed E-state index contributed by atoms with van der Waals surface area (Å²) in [6.07, 6.45) is -3.75. The van der Waals surface area contributed by atoms with Crippen LogP contribution in [0.3, 0.4) is 0 Å². The summed E-state index contributed by atoms with van der Waals surface area (Å²) in [6.45, 7) is 1.85. The molecule has 1 rings (SSSR count). The molecule has 0 amide bonds. The average Bonchev–Trinajstić information content (AvgIpc) is 2.27. The Morgan fingerprint density at radius 2 is 1.94 bits per heavy atom. The van der Waals surface area contributed by atoms with Gasteiger partial charge in [0.25, 0.3) is 0 Å². The molecule has 6 heteroatoms. The van der Waals surface area contributed by atoms with Crippen LogP contribution in [-0.4, -0.2) is 16.0 Å². The van der Waals surface area contributed by atoms with Gasteiger partial charge in [-0.05, 0) is 18.1 Å². The Morgan fingerprint density at radius 1 is 1.33 bits per heavy atom. The summed E-state index contributed by atoms with van der Waals surface area (Å²) >= 11 is 0. The van der Waals surface area contributed by atoms with E-state index in [0.29, 0.717) is 6.42 Å². The fourth-order valence-corrected chi connectivity index (χ4v) is 2.94. The van der Waals surface area contributed by atoms with Crippen molar-refractivity contribution in [1.82, 2.24) is 0 Å². The number of hydrogen-bond acceptors (Lipinski definition) is 2. The fraction of sp³-hybridized carbons (Fsp3) is 0.500. The quantitative estimate of drug-likeness (QED) is 0.900. The molecule has 0 bridgehead atoms. The van der Waals surface area contributed by atoms with Crippen LogP contribution in [0.2, 0.25) is 0 Å². The summed E-state index contributed by atoms with van der Waals surface area (Å²) in [5.41, 5.74) is 4.98. The van der Waals surface area contributed by atoms with Gasteiger partial charge in [0.2, 0.25) is 0 Å². The van der Waals surface area contributed by atoms with Crippen molar-refractivity contribution in [2.75, 3.05) is 5.75 Å². The van der Waals surface area contributed by atoms with Crippen LogP contribution in [0.5, 0.6) is 0 Å². The van der Waals surface area contributed by atoms with Gasteiger partial charge < -0.3 is 5.73 Å². The Bertz CT molecular complexity index is 420. The maximum atomic E-state index is 12.7. The van der Waals surface area contributed by atoms with Crippen molar-refractivity contribution in [3.05, 3.63) is 35.4 Å². The predicted octanol–water partition coefficient (Wildman–Crippen LogP) is 2.69. The molecule has 2 N–H and O–H groups in total. The lowest BCUT2D eigenvalue weighted by Crippen LogP contribution is -2.26. The Labute approximate surface area is 107 Å². The highest BCUT2D eigenvalue weighted by Gasteiger charge is 2.33. The number of benzene rings is 1. The van der Waals surface area contributed by atoms with Crippen LogP contribution >= 0.6 is 0 Å². The molecule has 2 unspecified atom stereocenters. The van der Waals surface area contributed by atoms with E-state index in [1.54, 1.807) is 0 Å². The number of alkyl halides is 3. The van der Waals surface area contributed by atoms with Gasteiger partial charge in [0.05, 0.1) is 5.56 Å². The molecule has 0 heterocycles. The summed E-state index contributed by atoms with van der Waals surface area (Å²) in [7, 11) is -1.37. The highest BCUT2D eigenvalue weighted by atomic mass is 32.2. The summed E-state index contributed by atoms with van der Waals surface area (Å²) in [6, 6.07) is 4.97. The van der Waals surface area contributed by atoms with Crippen molar-refractivity contribution in [3.8, 4) is 0 Å². The van der Waals surface area contributed by atoms with E-state index in [4.69, 9.17) is 5.73 Å². The molecule has 0 aliphatic rings. The first kappa shape index (κ1) is 15.2. The number of nitrogens with two attached hydrogens (primary N) is 1. The van der Waals surface area contributed by atoms with Crippen molar-refractivity contribution in [3.63, 3.8) is 0 Å². The lowest BCUT2D eigenvalue weighted by molar-refractivity contribution is -0.138. The molecular weight excluding hydrogens is 263 g/mol. The normalized spacial score (nSPS) is 15.4. The lowest BCUT2D eigenvalue weighted by Gasteiger charge is -2.13. The molecule has 18 heavy (non-hydrogen) atoms. The van der Waals surface area contributed by atoms with Crippen LogP contribution in [0, 0.1) is 0 Å². The Hall–Kier alpha value is -0.880. The van der Waals surface area contributed by atoms with E-state index in [0.717, 1.165) is 6.07 Å². The predicted molar refractivity (Wildman–Crippen MR) is 66.4 cm³/mol. The van der Waals surface area contributed by atoms with Crippen LogP contribution in [0.1, 0.15) is 24.5 Å². The van der Waals surface area contributed by atoms with E-state index in [2.05, 4.69) is 0 Å². The zero-order valence-corrected chi connectivity index (χ0v) is 10.9. The molecule has 0 aliphatic carbocycles. The molecule has 2 atom stereocenters. The third-order valence-electron chi connectivity index (χ3n) is 2.56. The van der Waals surface area contributed by atoms with Gasteiger partial charge in [0, 0.05) is 28.3 Å². The first-order valence-corrected chi connectivity index (χ1v) is 7.09. The topological polar surface area (TPSA) is 43.1 Å². The Morgan fingerprint density at radius 3 is 2.50 bits per heavy atom. The summed E-state index contributed by atoms with van der Waals surface area (Å²) in [5, 5.41) is 0. The fourth-order valence-electron chi connectivity index (χ4n) is 1.51. The minimum atomic E-state index is -4.41. The first-order chi connectivity index (χ1) is 8.34. The molecule has 0 aromatic heterocycles. The second-order valence-corrected chi connectivity index (χ2v) is 5.58. The van der Waals surface area contributed by atoms with Crippen molar-refractivity contribution < 1.29 is 17.4 Å². The Balaban J connectivity index is 2.82. The number of halogens is 3. The van der Waals surface area contributed by atoms with Crippen molar-refractivity contribution in [2.24, 2.45) is 5.73 Å². The summed E-state index contributed by atoms with van der Waals surface area (Å²) < 4.78 is 49.8. The monoisotopic (exact) mass is 279 g/mol. The van der Waals surface area contributed by atoms with Crippen LogP contribution in [-0.2, 0) is 22.7 Å². The van der Waals surface area contributed by atoms with Crippen LogP contribution in [0.15, 0.2) is 24.3 Å². The zero-order valence-electron chi connectivity index (χ0n) is 10.0. The van der Waals surface area contributed by atoms with E-state index in [1.807, 2.05) is 6.92 Å². The van der Waals surface area contributed by atoms with E-state index in [9.17, 15) is 17.4 Å². The smallest absolute Gasteiger partial charge is 0.327 e. The van der Waals surface area contributed by atoms with E-state index >= 15 is 0 Å². The van der Waals surface area contributed by atoms with E-state index in [-0.39, 0.29) is 23.1 Å². The number of rotatable bonds is 5. The van der Waals surface area contributed by atoms with Gasteiger partial charge in [-0.25, -0.2) is 0 Å². The maximum absolute atomic E-state index is 12.7. The number of hydrogen-bond donors (Lipinski definition) is 1. The summed E-state index contributed by atoms with van der Waals surface area (Å²) in [5.74, 6) is 0.117. The third kappa shape index (κ3) is 4.42.